The molecular formula is C9H17Cl. The van der Waals surface area contributed by atoms with E-state index in [1.54, 1.807) is 0 Å². The van der Waals surface area contributed by atoms with Gasteiger partial charge in [0.15, 0.2) is 0 Å². The molecule has 0 atom stereocenters. The Balaban J connectivity index is 3.79. The second-order valence-corrected chi connectivity index (χ2v) is 4.25. The maximum Gasteiger partial charge on any atom is 0.0406 e. The number of hydrogen-bond donors (Lipinski definition) is 0. The lowest BCUT2D eigenvalue weighted by molar-refractivity contribution is 0.409. The normalized spacial score (nSPS) is 13.9. The molecule has 0 spiro atoms. The van der Waals surface area contributed by atoms with Crippen molar-refractivity contribution >= 4 is 11.6 Å². The fraction of sp³-hybridized carbons (Fsp3) is 0.778. The molecule has 1 heteroatoms. The minimum absolute atomic E-state index is 0.395. The van der Waals surface area contributed by atoms with Crippen LogP contribution in [0.15, 0.2) is 11.6 Å². The predicted octanol–water partition coefficient (Wildman–Crippen LogP) is 3.61. The number of alkyl halides is 1. The lowest BCUT2D eigenvalue weighted by Crippen LogP contribution is -2.04. The SMILES string of the molecule is C/C(=C\CCl)CC(C)(C)C. The van der Waals surface area contributed by atoms with E-state index in [1.165, 1.54) is 5.57 Å². The van der Waals surface area contributed by atoms with Gasteiger partial charge in [0.05, 0.1) is 0 Å². The summed E-state index contributed by atoms with van der Waals surface area (Å²) in [6, 6.07) is 0. The van der Waals surface area contributed by atoms with E-state index in [2.05, 4.69) is 33.8 Å². The van der Waals surface area contributed by atoms with Crippen molar-refractivity contribution in [3.63, 3.8) is 0 Å². The second-order valence-electron chi connectivity index (χ2n) is 3.94. The first-order valence-corrected chi connectivity index (χ1v) is 4.21. The zero-order chi connectivity index (χ0) is 8.20. The molecule has 0 aromatic heterocycles. The Hall–Kier alpha value is 0.0300. The highest BCUT2D eigenvalue weighted by atomic mass is 35.5. The van der Waals surface area contributed by atoms with Gasteiger partial charge in [-0.05, 0) is 18.8 Å². The average molecular weight is 161 g/mol. The molecule has 0 aromatic carbocycles. The van der Waals surface area contributed by atoms with Crippen molar-refractivity contribution in [3.8, 4) is 0 Å². The van der Waals surface area contributed by atoms with Crippen molar-refractivity contribution in [2.75, 3.05) is 5.88 Å². The van der Waals surface area contributed by atoms with Gasteiger partial charge in [-0.1, -0.05) is 32.4 Å². The van der Waals surface area contributed by atoms with Gasteiger partial charge in [-0.25, -0.2) is 0 Å². The topological polar surface area (TPSA) is 0 Å². The smallest absolute Gasteiger partial charge is 0.0406 e. The molecule has 0 heterocycles. The van der Waals surface area contributed by atoms with E-state index in [-0.39, 0.29) is 0 Å². The Labute approximate surface area is 69.3 Å². The van der Waals surface area contributed by atoms with Gasteiger partial charge < -0.3 is 0 Å². The van der Waals surface area contributed by atoms with Crippen molar-refractivity contribution in [2.24, 2.45) is 5.41 Å². The third kappa shape index (κ3) is 6.15. The fourth-order valence-electron chi connectivity index (χ4n) is 1.04. The van der Waals surface area contributed by atoms with Crippen LogP contribution in [0.1, 0.15) is 34.1 Å². The van der Waals surface area contributed by atoms with E-state index >= 15 is 0 Å². The molecule has 60 valence electrons. The largest absolute Gasteiger partial charge is 0.122 e. The summed E-state index contributed by atoms with van der Waals surface area (Å²) in [6.45, 7) is 8.84. The molecule has 10 heavy (non-hydrogen) atoms. The molecule has 0 aliphatic carbocycles. The van der Waals surface area contributed by atoms with Gasteiger partial charge in [0.1, 0.15) is 0 Å². The summed E-state index contributed by atoms with van der Waals surface area (Å²) >= 11 is 5.55. The quantitative estimate of drug-likeness (QED) is 0.428. The molecule has 0 saturated carbocycles. The Kier molecular flexibility index (Phi) is 4.04. The molecule has 0 unspecified atom stereocenters. The molecule has 0 aliphatic heterocycles. The second kappa shape index (κ2) is 4.02. The van der Waals surface area contributed by atoms with Crippen molar-refractivity contribution in [3.05, 3.63) is 11.6 Å². The highest BCUT2D eigenvalue weighted by molar-refractivity contribution is 6.18. The molecule has 0 aromatic rings. The van der Waals surface area contributed by atoms with E-state index in [0.29, 0.717) is 11.3 Å². The average Bonchev–Trinajstić information content (AvgIpc) is 1.59. The van der Waals surface area contributed by atoms with E-state index in [4.69, 9.17) is 11.6 Å². The summed E-state index contributed by atoms with van der Waals surface area (Å²) < 4.78 is 0. The van der Waals surface area contributed by atoms with Crippen LogP contribution in [-0.4, -0.2) is 5.88 Å². The first-order chi connectivity index (χ1) is 4.45. The lowest BCUT2D eigenvalue weighted by Gasteiger charge is -2.17. The molecule has 0 amide bonds. The summed E-state index contributed by atoms with van der Waals surface area (Å²) in [5.74, 6) is 0.641. The van der Waals surface area contributed by atoms with Crippen LogP contribution in [0.5, 0.6) is 0 Å². The summed E-state index contributed by atoms with van der Waals surface area (Å²) in [5.41, 5.74) is 1.79. The molecule has 0 aliphatic rings. The zero-order valence-electron chi connectivity index (χ0n) is 7.37. The number of allylic oxidation sites excluding steroid dienone is 2. The van der Waals surface area contributed by atoms with E-state index in [9.17, 15) is 0 Å². The van der Waals surface area contributed by atoms with Gasteiger partial charge in [-0.15, -0.1) is 11.6 Å². The van der Waals surface area contributed by atoms with Crippen LogP contribution < -0.4 is 0 Å². The van der Waals surface area contributed by atoms with Gasteiger partial charge in [-0.2, -0.15) is 0 Å². The van der Waals surface area contributed by atoms with Crippen LogP contribution >= 0.6 is 11.6 Å². The fourth-order valence-corrected chi connectivity index (χ4v) is 1.30. The summed E-state index contributed by atoms with van der Waals surface area (Å²) in [6.07, 6.45) is 3.21. The molecule has 0 bridgehead atoms. The highest BCUT2D eigenvalue weighted by Crippen LogP contribution is 2.23. The molecule has 0 rings (SSSR count). The van der Waals surface area contributed by atoms with Gasteiger partial charge in [0, 0.05) is 5.88 Å². The third-order valence-corrected chi connectivity index (χ3v) is 1.39. The van der Waals surface area contributed by atoms with Crippen LogP contribution in [0, 0.1) is 5.41 Å². The minimum Gasteiger partial charge on any atom is -0.122 e. The van der Waals surface area contributed by atoms with Crippen LogP contribution in [-0.2, 0) is 0 Å². The standard InChI is InChI=1S/C9H17Cl/c1-8(5-6-10)7-9(2,3)4/h5H,6-7H2,1-4H3/b8-5+. The van der Waals surface area contributed by atoms with Gasteiger partial charge in [0.2, 0.25) is 0 Å². The highest BCUT2D eigenvalue weighted by Gasteiger charge is 2.09. The van der Waals surface area contributed by atoms with E-state index in [0.717, 1.165) is 6.42 Å². The van der Waals surface area contributed by atoms with E-state index in [1.807, 2.05) is 0 Å². The van der Waals surface area contributed by atoms with Crippen LogP contribution in [0.4, 0.5) is 0 Å². The van der Waals surface area contributed by atoms with Crippen molar-refractivity contribution < 1.29 is 0 Å². The maximum absolute atomic E-state index is 5.55. The molecule has 0 fully saturated rings. The molecule has 0 saturated heterocycles. The number of rotatable bonds is 2. The van der Waals surface area contributed by atoms with Gasteiger partial charge in [-0.3, -0.25) is 0 Å². The van der Waals surface area contributed by atoms with Crippen LogP contribution in [0.25, 0.3) is 0 Å². The van der Waals surface area contributed by atoms with Crippen molar-refractivity contribution in [1.29, 1.82) is 0 Å². The monoisotopic (exact) mass is 160 g/mol. The number of hydrogen-bond acceptors (Lipinski definition) is 0. The van der Waals surface area contributed by atoms with Gasteiger partial charge in [0.25, 0.3) is 0 Å². The third-order valence-electron chi connectivity index (χ3n) is 1.23. The molecular weight excluding hydrogens is 144 g/mol. The Morgan fingerprint density at radius 2 is 1.90 bits per heavy atom. The van der Waals surface area contributed by atoms with Gasteiger partial charge >= 0.3 is 0 Å². The summed E-state index contributed by atoms with van der Waals surface area (Å²) in [4.78, 5) is 0. The Bertz CT molecular complexity index is 117. The molecule has 0 nitrogen and oxygen atoms in total. The van der Waals surface area contributed by atoms with Crippen molar-refractivity contribution in [2.45, 2.75) is 34.1 Å². The summed E-state index contributed by atoms with van der Waals surface area (Å²) in [7, 11) is 0. The maximum atomic E-state index is 5.55. The predicted molar refractivity (Wildman–Crippen MR) is 48.5 cm³/mol. The Morgan fingerprint density at radius 3 is 2.20 bits per heavy atom. The minimum atomic E-state index is 0.395. The zero-order valence-corrected chi connectivity index (χ0v) is 8.13. The Morgan fingerprint density at radius 1 is 1.40 bits per heavy atom. The van der Waals surface area contributed by atoms with Crippen LogP contribution in [0.2, 0.25) is 0 Å². The first-order valence-electron chi connectivity index (χ1n) is 3.67. The first kappa shape index (κ1) is 10.0. The van der Waals surface area contributed by atoms with Crippen molar-refractivity contribution in [1.82, 2.24) is 0 Å². The lowest BCUT2D eigenvalue weighted by atomic mass is 9.88. The summed E-state index contributed by atoms with van der Waals surface area (Å²) in [5, 5.41) is 0. The van der Waals surface area contributed by atoms with Crippen LogP contribution in [0.3, 0.4) is 0 Å². The number of halogens is 1. The molecule has 0 radical (unpaired) electrons. The molecule has 0 N–H and O–H groups in total. The van der Waals surface area contributed by atoms with E-state index < -0.39 is 0 Å².